The highest BCUT2D eigenvalue weighted by molar-refractivity contribution is 6.30. The van der Waals surface area contributed by atoms with E-state index in [1.165, 1.54) is 19.3 Å². The van der Waals surface area contributed by atoms with Gasteiger partial charge < -0.3 is 10.1 Å². The fourth-order valence-corrected chi connectivity index (χ4v) is 2.65. The zero-order valence-electron chi connectivity index (χ0n) is 11.1. The van der Waals surface area contributed by atoms with Crippen LogP contribution in [0.5, 0.6) is 5.75 Å². The summed E-state index contributed by atoms with van der Waals surface area (Å²) in [6.07, 6.45) is 4.47. The van der Waals surface area contributed by atoms with Crippen molar-refractivity contribution in [2.45, 2.75) is 31.4 Å². The second kappa shape index (κ2) is 6.12. The summed E-state index contributed by atoms with van der Waals surface area (Å²) in [6.45, 7) is 4.32. The third kappa shape index (κ3) is 3.62. The summed E-state index contributed by atoms with van der Waals surface area (Å²) in [6, 6.07) is 8.40. The third-order valence-electron chi connectivity index (χ3n) is 4.01. The lowest BCUT2D eigenvalue weighted by Crippen LogP contribution is -2.55. The minimum absolute atomic E-state index is 0.338. The molecule has 2 fully saturated rings. The second-order valence-corrected chi connectivity index (χ2v) is 5.97. The largest absolute Gasteiger partial charge is 0.488 e. The molecule has 0 spiro atoms. The number of nitrogens with one attached hydrogen (secondary N) is 1. The first-order valence-electron chi connectivity index (χ1n) is 7.17. The summed E-state index contributed by atoms with van der Waals surface area (Å²) < 4.78 is 5.87. The van der Waals surface area contributed by atoms with Gasteiger partial charge >= 0.3 is 0 Å². The maximum Gasteiger partial charge on any atom is 0.124 e. The molecule has 0 amide bonds. The van der Waals surface area contributed by atoms with E-state index < -0.39 is 0 Å². The van der Waals surface area contributed by atoms with Gasteiger partial charge in [0.05, 0.1) is 0 Å². The number of nitrogens with zero attached hydrogens (tertiary/aromatic N) is 1. The highest BCUT2D eigenvalue weighted by atomic mass is 35.5. The van der Waals surface area contributed by atoms with Crippen LogP contribution in [0.3, 0.4) is 0 Å². The first kappa shape index (κ1) is 13.2. The Balaban J connectivity index is 1.30. The summed E-state index contributed by atoms with van der Waals surface area (Å²) in [5.41, 5.74) is 0. The molecule has 1 aromatic carbocycles. The van der Waals surface area contributed by atoms with Crippen molar-refractivity contribution in [2.75, 3.05) is 26.2 Å². The van der Waals surface area contributed by atoms with Crippen LogP contribution in [0, 0.1) is 0 Å². The van der Waals surface area contributed by atoms with E-state index >= 15 is 0 Å². The molecule has 104 valence electrons. The predicted molar refractivity (Wildman–Crippen MR) is 77.9 cm³/mol. The average Bonchev–Trinajstić information content (AvgIpc) is 2.31. The van der Waals surface area contributed by atoms with Gasteiger partial charge in [0, 0.05) is 37.2 Å². The van der Waals surface area contributed by atoms with Gasteiger partial charge in [-0.3, -0.25) is 4.90 Å². The quantitative estimate of drug-likeness (QED) is 0.867. The topological polar surface area (TPSA) is 24.5 Å². The zero-order valence-corrected chi connectivity index (χ0v) is 11.9. The fraction of sp³-hybridized carbons (Fsp3) is 0.600. The molecular weight excluding hydrogens is 260 g/mol. The van der Waals surface area contributed by atoms with Crippen LogP contribution in [0.1, 0.15) is 19.3 Å². The molecule has 19 heavy (non-hydrogen) atoms. The van der Waals surface area contributed by atoms with Crippen molar-refractivity contribution in [1.82, 2.24) is 10.2 Å². The summed E-state index contributed by atoms with van der Waals surface area (Å²) in [7, 11) is 0. The average molecular weight is 281 g/mol. The second-order valence-electron chi connectivity index (χ2n) is 5.54. The van der Waals surface area contributed by atoms with Crippen molar-refractivity contribution in [3.05, 3.63) is 29.3 Å². The molecule has 4 heteroatoms. The molecule has 0 atom stereocenters. The number of likely N-dealkylation sites (tertiary alicyclic amines) is 1. The van der Waals surface area contributed by atoms with Crippen molar-refractivity contribution in [2.24, 2.45) is 0 Å². The van der Waals surface area contributed by atoms with Gasteiger partial charge in [0.15, 0.2) is 0 Å². The molecule has 0 aromatic heterocycles. The van der Waals surface area contributed by atoms with Crippen LogP contribution < -0.4 is 10.1 Å². The Kier molecular flexibility index (Phi) is 4.26. The summed E-state index contributed by atoms with van der Waals surface area (Å²) in [4.78, 5) is 2.44. The lowest BCUT2D eigenvalue weighted by molar-refractivity contribution is 0.0201. The fourth-order valence-electron chi connectivity index (χ4n) is 2.52. The highest BCUT2D eigenvalue weighted by Gasteiger charge is 2.28. The van der Waals surface area contributed by atoms with Crippen LogP contribution >= 0.6 is 11.6 Å². The Bertz CT molecular complexity index is 399. The van der Waals surface area contributed by atoms with E-state index in [-0.39, 0.29) is 0 Å². The number of hydrogen-bond acceptors (Lipinski definition) is 3. The molecule has 3 nitrogen and oxygen atoms in total. The maximum absolute atomic E-state index is 5.87. The molecule has 1 heterocycles. The van der Waals surface area contributed by atoms with Gasteiger partial charge in [-0.25, -0.2) is 0 Å². The lowest BCUT2D eigenvalue weighted by atomic mass is 9.93. The minimum atomic E-state index is 0.338. The number of hydrogen-bond donors (Lipinski definition) is 1. The smallest absolute Gasteiger partial charge is 0.124 e. The summed E-state index contributed by atoms with van der Waals surface area (Å²) in [5.74, 6) is 0.918. The standard InChI is InChI=1S/C15H21ClN2O/c16-12-4-6-14(7-5-12)19-15-10-18(11-15)9-8-17-13-2-1-3-13/h4-7,13,15,17H,1-3,8-11H2. The van der Waals surface area contributed by atoms with Crippen molar-refractivity contribution in [3.8, 4) is 5.75 Å². The molecule has 0 bridgehead atoms. The van der Waals surface area contributed by atoms with E-state index in [0.29, 0.717) is 6.10 Å². The monoisotopic (exact) mass is 280 g/mol. The van der Waals surface area contributed by atoms with Gasteiger partial charge in [0.1, 0.15) is 11.9 Å². The van der Waals surface area contributed by atoms with Gasteiger partial charge in [-0.15, -0.1) is 0 Å². The number of rotatable bonds is 6. The van der Waals surface area contributed by atoms with Gasteiger partial charge in [-0.2, -0.15) is 0 Å². The molecule has 1 aliphatic carbocycles. The Labute approximate surface area is 119 Å². The first-order valence-corrected chi connectivity index (χ1v) is 7.55. The lowest BCUT2D eigenvalue weighted by Gasteiger charge is -2.39. The van der Waals surface area contributed by atoms with Gasteiger partial charge in [-0.05, 0) is 37.1 Å². The van der Waals surface area contributed by atoms with Crippen LogP contribution in [0.25, 0.3) is 0 Å². The number of benzene rings is 1. The molecule has 1 aliphatic heterocycles. The van der Waals surface area contributed by atoms with Crippen LogP contribution in [-0.2, 0) is 0 Å². The van der Waals surface area contributed by atoms with Gasteiger partial charge in [-0.1, -0.05) is 18.0 Å². The summed E-state index contributed by atoms with van der Waals surface area (Å²) >= 11 is 5.85. The minimum Gasteiger partial charge on any atom is -0.488 e. The molecule has 1 saturated heterocycles. The van der Waals surface area contributed by atoms with E-state index in [1.54, 1.807) is 0 Å². The highest BCUT2D eigenvalue weighted by Crippen LogP contribution is 2.20. The number of ether oxygens (including phenoxy) is 1. The zero-order chi connectivity index (χ0) is 13.1. The Morgan fingerprint density at radius 3 is 2.58 bits per heavy atom. The van der Waals surface area contributed by atoms with Gasteiger partial charge in [0.25, 0.3) is 0 Å². The van der Waals surface area contributed by atoms with Crippen molar-refractivity contribution >= 4 is 11.6 Å². The van der Waals surface area contributed by atoms with Crippen LogP contribution in [0.4, 0.5) is 0 Å². The van der Waals surface area contributed by atoms with E-state index in [1.807, 2.05) is 24.3 Å². The van der Waals surface area contributed by atoms with Crippen LogP contribution in [0.15, 0.2) is 24.3 Å². The molecular formula is C15H21ClN2O. The molecule has 3 rings (SSSR count). The molecule has 0 radical (unpaired) electrons. The van der Waals surface area contributed by atoms with Crippen molar-refractivity contribution in [3.63, 3.8) is 0 Å². The van der Waals surface area contributed by atoms with Crippen LogP contribution in [0.2, 0.25) is 5.02 Å². The van der Waals surface area contributed by atoms with E-state index in [0.717, 1.165) is 43.0 Å². The van der Waals surface area contributed by atoms with E-state index in [2.05, 4.69) is 10.2 Å². The van der Waals surface area contributed by atoms with Crippen molar-refractivity contribution in [1.29, 1.82) is 0 Å². The first-order chi connectivity index (χ1) is 9.29. The molecule has 1 aromatic rings. The molecule has 0 unspecified atom stereocenters. The Morgan fingerprint density at radius 2 is 1.95 bits per heavy atom. The van der Waals surface area contributed by atoms with E-state index in [4.69, 9.17) is 16.3 Å². The summed E-state index contributed by atoms with van der Waals surface area (Å²) in [5, 5.41) is 4.35. The molecule has 2 aliphatic rings. The Morgan fingerprint density at radius 1 is 1.21 bits per heavy atom. The molecule has 1 N–H and O–H groups in total. The van der Waals surface area contributed by atoms with E-state index in [9.17, 15) is 0 Å². The molecule has 1 saturated carbocycles. The van der Waals surface area contributed by atoms with Gasteiger partial charge in [0.2, 0.25) is 0 Å². The Hall–Kier alpha value is -0.770. The normalized spacial score (nSPS) is 20.9. The SMILES string of the molecule is Clc1ccc(OC2CN(CCNC3CCC3)C2)cc1. The number of halogens is 1. The predicted octanol–water partition coefficient (Wildman–Crippen LogP) is 2.55. The van der Waals surface area contributed by atoms with Crippen LogP contribution in [-0.4, -0.2) is 43.2 Å². The third-order valence-corrected chi connectivity index (χ3v) is 4.26. The maximum atomic E-state index is 5.87. The van der Waals surface area contributed by atoms with Crippen molar-refractivity contribution < 1.29 is 4.74 Å².